The monoisotopic (exact) mass is 255 g/mol. The van der Waals surface area contributed by atoms with E-state index in [1.165, 1.54) is 4.31 Å². The van der Waals surface area contributed by atoms with Crippen molar-refractivity contribution in [2.24, 2.45) is 5.92 Å². The van der Waals surface area contributed by atoms with Gasteiger partial charge >= 0.3 is 0 Å². The van der Waals surface area contributed by atoms with Gasteiger partial charge in [0.15, 0.2) is 0 Å². The van der Waals surface area contributed by atoms with Gasteiger partial charge in [-0.3, -0.25) is 0 Å². The lowest BCUT2D eigenvalue weighted by molar-refractivity contribution is 0.486. The van der Waals surface area contributed by atoms with Gasteiger partial charge in [0.05, 0.1) is 5.75 Å². The summed E-state index contributed by atoms with van der Waals surface area (Å²) in [6.45, 7) is 0.565. The molecule has 0 aromatic rings. The van der Waals surface area contributed by atoms with Crippen LogP contribution < -0.4 is 0 Å². The zero-order valence-corrected chi connectivity index (χ0v) is 9.57. The van der Waals surface area contributed by atoms with Gasteiger partial charge in [0.1, 0.15) is 0 Å². The second kappa shape index (κ2) is 4.07. The van der Waals surface area contributed by atoms with Crippen molar-refractivity contribution in [3.05, 3.63) is 0 Å². The third kappa shape index (κ3) is 3.03. The van der Waals surface area contributed by atoms with Crippen LogP contribution in [0.5, 0.6) is 0 Å². The molecule has 0 radical (unpaired) electrons. The Morgan fingerprint density at radius 1 is 1.50 bits per heavy atom. The molecular formula is C7H14BrNO2S. The van der Waals surface area contributed by atoms with Crippen LogP contribution in [0.25, 0.3) is 0 Å². The minimum atomic E-state index is -2.96. The maximum absolute atomic E-state index is 11.5. The average molecular weight is 256 g/mol. The third-order valence-corrected chi connectivity index (χ3v) is 4.40. The first-order chi connectivity index (χ1) is 5.56. The third-order valence-electron chi connectivity index (χ3n) is 2.02. The predicted octanol–water partition coefficient (Wildman–Crippen LogP) is 1.05. The summed E-state index contributed by atoms with van der Waals surface area (Å²) >= 11 is 3.22. The van der Waals surface area contributed by atoms with Crippen molar-refractivity contribution in [3.63, 3.8) is 0 Å². The maximum Gasteiger partial charge on any atom is 0.214 e. The van der Waals surface area contributed by atoms with E-state index in [4.69, 9.17) is 0 Å². The average Bonchev–Trinajstić information content (AvgIpc) is 2.71. The van der Waals surface area contributed by atoms with Gasteiger partial charge in [-0.25, -0.2) is 12.7 Å². The molecule has 0 aromatic heterocycles. The molecule has 0 aromatic carbocycles. The summed E-state index contributed by atoms with van der Waals surface area (Å²) in [5.74, 6) is 0.782. The van der Waals surface area contributed by atoms with Crippen LogP contribution in [0.1, 0.15) is 12.8 Å². The van der Waals surface area contributed by atoms with Gasteiger partial charge in [0.2, 0.25) is 10.0 Å². The Hall–Kier alpha value is 0.390. The largest absolute Gasteiger partial charge is 0.214 e. The summed E-state index contributed by atoms with van der Waals surface area (Å²) < 4.78 is 24.4. The van der Waals surface area contributed by atoms with Gasteiger partial charge in [-0.1, -0.05) is 15.9 Å². The Morgan fingerprint density at radius 2 is 2.08 bits per heavy atom. The fourth-order valence-electron chi connectivity index (χ4n) is 0.968. The van der Waals surface area contributed by atoms with Crippen molar-refractivity contribution >= 4 is 26.0 Å². The van der Waals surface area contributed by atoms with Crippen LogP contribution in [-0.2, 0) is 10.0 Å². The summed E-state index contributed by atoms with van der Waals surface area (Å²) in [5, 5.41) is 0.702. The molecule has 0 heterocycles. The van der Waals surface area contributed by atoms with Crippen LogP contribution in [0.3, 0.4) is 0 Å². The minimum absolute atomic E-state index is 0.344. The highest BCUT2D eigenvalue weighted by atomic mass is 79.9. The minimum Gasteiger partial charge on any atom is -0.212 e. The molecule has 0 spiro atoms. The Bertz CT molecular complexity index is 236. The molecule has 1 aliphatic rings. The van der Waals surface area contributed by atoms with E-state index >= 15 is 0 Å². The zero-order chi connectivity index (χ0) is 9.19. The van der Waals surface area contributed by atoms with Crippen LogP contribution in [0.15, 0.2) is 0 Å². The molecule has 0 atom stereocenters. The normalized spacial score (nSPS) is 18.6. The topological polar surface area (TPSA) is 37.4 Å². The standard InChI is InChI=1S/C7H14BrNO2S/c1-9(5-4-8)12(10,11)6-7-2-3-7/h7H,2-6H2,1H3. The lowest BCUT2D eigenvalue weighted by atomic mass is 10.5. The molecule has 0 saturated heterocycles. The Balaban J connectivity index is 2.44. The van der Waals surface area contributed by atoms with Crippen molar-refractivity contribution in [2.45, 2.75) is 12.8 Å². The number of sulfonamides is 1. The molecule has 72 valence electrons. The summed E-state index contributed by atoms with van der Waals surface area (Å²) in [7, 11) is -1.32. The first kappa shape index (κ1) is 10.5. The molecule has 1 saturated carbocycles. The predicted molar refractivity (Wildman–Crippen MR) is 52.9 cm³/mol. The van der Waals surface area contributed by atoms with E-state index in [2.05, 4.69) is 15.9 Å². The molecule has 5 heteroatoms. The van der Waals surface area contributed by atoms with E-state index in [0.717, 1.165) is 12.8 Å². The van der Waals surface area contributed by atoms with E-state index in [0.29, 0.717) is 23.5 Å². The van der Waals surface area contributed by atoms with Gasteiger partial charge in [0, 0.05) is 18.9 Å². The van der Waals surface area contributed by atoms with E-state index < -0.39 is 10.0 Å². The molecule has 3 nitrogen and oxygen atoms in total. The Kier molecular flexibility index (Phi) is 3.55. The van der Waals surface area contributed by atoms with E-state index in [9.17, 15) is 8.42 Å². The van der Waals surface area contributed by atoms with Gasteiger partial charge in [-0.2, -0.15) is 0 Å². The summed E-state index contributed by atoms with van der Waals surface area (Å²) in [6.07, 6.45) is 2.17. The highest BCUT2D eigenvalue weighted by Crippen LogP contribution is 2.30. The van der Waals surface area contributed by atoms with Crippen LogP contribution in [0, 0.1) is 5.92 Å². The number of hydrogen-bond donors (Lipinski definition) is 0. The molecule has 0 unspecified atom stereocenters. The number of nitrogens with zero attached hydrogens (tertiary/aromatic N) is 1. The quantitative estimate of drug-likeness (QED) is 0.689. The molecule has 0 N–H and O–H groups in total. The Labute approximate surface area is 82.3 Å². The van der Waals surface area contributed by atoms with Crippen LogP contribution in [-0.4, -0.2) is 37.4 Å². The molecule has 12 heavy (non-hydrogen) atoms. The summed E-state index contributed by atoms with van der Waals surface area (Å²) in [4.78, 5) is 0. The zero-order valence-electron chi connectivity index (χ0n) is 7.16. The smallest absolute Gasteiger partial charge is 0.212 e. The van der Waals surface area contributed by atoms with E-state index in [1.54, 1.807) is 7.05 Å². The number of hydrogen-bond acceptors (Lipinski definition) is 2. The maximum atomic E-state index is 11.5. The fraction of sp³-hybridized carbons (Fsp3) is 1.00. The van der Waals surface area contributed by atoms with Crippen LogP contribution in [0.4, 0.5) is 0 Å². The number of halogens is 1. The van der Waals surface area contributed by atoms with Crippen molar-refractivity contribution < 1.29 is 8.42 Å². The second-order valence-corrected chi connectivity index (χ2v) is 6.15. The highest BCUT2D eigenvalue weighted by Gasteiger charge is 2.29. The van der Waals surface area contributed by atoms with Gasteiger partial charge < -0.3 is 0 Å². The number of rotatable bonds is 5. The Morgan fingerprint density at radius 3 is 2.50 bits per heavy atom. The molecule has 0 aliphatic heterocycles. The summed E-state index contributed by atoms with van der Waals surface area (Å²) in [5.41, 5.74) is 0. The molecule has 0 amide bonds. The molecule has 1 fully saturated rings. The second-order valence-electron chi connectivity index (χ2n) is 3.23. The van der Waals surface area contributed by atoms with Gasteiger partial charge in [-0.15, -0.1) is 0 Å². The lowest BCUT2D eigenvalue weighted by Gasteiger charge is -2.14. The van der Waals surface area contributed by atoms with Crippen molar-refractivity contribution in [2.75, 3.05) is 24.7 Å². The number of alkyl halides is 1. The molecule has 0 bridgehead atoms. The summed E-state index contributed by atoms with van der Waals surface area (Å²) in [6, 6.07) is 0. The van der Waals surface area contributed by atoms with E-state index in [1.807, 2.05) is 0 Å². The van der Waals surface area contributed by atoms with Crippen LogP contribution >= 0.6 is 15.9 Å². The van der Waals surface area contributed by atoms with Crippen molar-refractivity contribution in [1.29, 1.82) is 0 Å². The highest BCUT2D eigenvalue weighted by molar-refractivity contribution is 9.09. The molecule has 1 rings (SSSR count). The van der Waals surface area contributed by atoms with Gasteiger partial charge in [-0.05, 0) is 18.8 Å². The fourth-order valence-corrected chi connectivity index (χ4v) is 3.29. The SMILES string of the molecule is CN(CCBr)S(=O)(=O)CC1CC1. The molecular weight excluding hydrogens is 242 g/mol. The van der Waals surface area contributed by atoms with E-state index in [-0.39, 0.29) is 0 Å². The van der Waals surface area contributed by atoms with Crippen molar-refractivity contribution in [3.8, 4) is 0 Å². The van der Waals surface area contributed by atoms with Gasteiger partial charge in [0.25, 0.3) is 0 Å². The lowest BCUT2D eigenvalue weighted by Crippen LogP contribution is -2.31. The van der Waals surface area contributed by atoms with Crippen LogP contribution in [0.2, 0.25) is 0 Å². The molecule has 1 aliphatic carbocycles. The first-order valence-electron chi connectivity index (χ1n) is 4.06. The van der Waals surface area contributed by atoms with Crippen molar-refractivity contribution in [1.82, 2.24) is 4.31 Å². The first-order valence-corrected chi connectivity index (χ1v) is 6.79.